The van der Waals surface area contributed by atoms with Gasteiger partial charge >= 0.3 is 5.97 Å². The van der Waals surface area contributed by atoms with Gasteiger partial charge in [0.05, 0.1) is 5.92 Å². The van der Waals surface area contributed by atoms with Crippen LogP contribution in [0.15, 0.2) is 48.5 Å². The van der Waals surface area contributed by atoms with Crippen LogP contribution in [0.25, 0.3) is 0 Å². The number of rotatable bonds is 8. The maximum absolute atomic E-state index is 11.9. The Hall–Kier alpha value is -2.82. The number of benzene rings is 2. The van der Waals surface area contributed by atoms with E-state index in [2.05, 4.69) is 5.32 Å². The van der Waals surface area contributed by atoms with E-state index in [9.17, 15) is 14.7 Å². The summed E-state index contributed by atoms with van der Waals surface area (Å²) >= 11 is 0. The van der Waals surface area contributed by atoms with Gasteiger partial charge < -0.3 is 15.2 Å². The first kappa shape index (κ1) is 18.5. The van der Waals surface area contributed by atoms with Crippen molar-refractivity contribution >= 4 is 11.9 Å². The number of carbonyl (C=O) groups is 2. The van der Waals surface area contributed by atoms with Gasteiger partial charge in [0.2, 0.25) is 0 Å². The lowest BCUT2D eigenvalue weighted by Crippen LogP contribution is -2.36. The van der Waals surface area contributed by atoms with Gasteiger partial charge in [0.15, 0.2) is 6.61 Å². The fraction of sp³-hybridized carbons (Fsp3) is 0.300. The highest BCUT2D eigenvalue weighted by atomic mass is 16.5. The molecule has 2 rings (SSSR count). The third-order valence-electron chi connectivity index (χ3n) is 3.85. The molecule has 25 heavy (non-hydrogen) atoms. The lowest BCUT2D eigenvalue weighted by Gasteiger charge is -2.14. The number of carboxylic acid groups (broad SMARTS) is 1. The number of aliphatic carboxylic acids is 1. The van der Waals surface area contributed by atoms with Gasteiger partial charge in [0.1, 0.15) is 5.75 Å². The second kappa shape index (κ2) is 8.87. The van der Waals surface area contributed by atoms with E-state index in [-0.39, 0.29) is 19.1 Å². The second-order valence-corrected chi connectivity index (χ2v) is 6.13. The summed E-state index contributed by atoms with van der Waals surface area (Å²) in [6.07, 6.45) is 0.371. The summed E-state index contributed by atoms with van der Waals surface area (Å²) in [6, 6.07) is 15.1. The van der Waals surface area contributed by atoms with Crippen molar-refractivity contribution in [3.05, 3.63) is 65.2 Å². The molecule has 0 saturated heterocycles. The molecule has 2 aromatic rings. The zero-order chi connectivity index (χ0) is 18.2. The summed E-state index contributed by atoms with van der Waals surface area (Å²) in [5.74, 6) is -1.34. The van der Waals surface area contributed by atoms with Crippen LogP contribution in [0.3, 0.4) is 0 Å². The fourth-order valence-electron chi connectivity index (χ4n) is 2.44. The van der Waals surface area contributed by atoms with Gasteiger partial charge in [-0.1, -0.05) is 47.5 Å². The molecule has 0 aromatic heterocycles. The number of carbonyl (C=O) groups excluding carboxylic acids is 1. The first-order valence-corrected chi connectivity index (χ1v) is 8.18. The molecule has 5 heteroatoms. The molecule has 132 valence electrons. The molecule has 1 atom stereocenters. The van der Waals surface area contributed by atoms with E-state index in [1.165, 1.54) is 0 Å². The Bertz CT molecular complexity index is 725. The van der Waals surface area contributed by atoms with E-state index in [4.69, 9.17) is 4.74 Å². The van der Waals surface area contributed by atoms with Crippen molar-refractivity contribution in [2.45, 2.75) is 20.3 Å². The normalized spacial score (nSPS) is 11.6. The van der Waals surface area contributed by atoms with Crippen molar-refractivity contribution in [3.8, 4) is 5.75 Å². The first-order chi connectivity index (χ1) is 11.9. The Kier molecular flexibility index (Phi) is 6.57. The molecule has 0 aliphatic heterocycles. The highest BCUT2D eigenvalue weighted by Gasteiger charge is 2.19. The van der Waals surface area contributed by atoms with Crippen LogP contribution >= 0.6 is 0 Å². The van der Waals surface area contributed by atoms with E-state index in [1.54, 1.807) is 12.1 Å². The van der Waals surface area contributed by atoms with E-state index in [1.807, 2.05) is 50.2 Å². The molecular weight excluding hydrogens is 318 g/mol. The molecule has 0 spiro atoms. The van der Waals surface area contributed by atoms with Crippen molar-refractivity contribution in [1.29, 1.82) is 0 Å². The van der Waals surface area contributed by atoms with Crippen molar-refractivity contribution < 1.29 is 19.4 Å². The number of hydrogen-bond donors (Lipinski definition) is 2. The first-order valence-electron chi connectivity index (χ1n) is 8.18. The molecule has 0 heterocycles. The Labute approximate surface area is 147 Å². The lowest BCUT2D eigenvalue weighted by molar-refractivity contribution is -0.141. The standard InChI is InChI=1S/C20H23NO4/c1-14-6-8-18(9-7-14)25-13-19(22)21-12-17(20(23)24)11-16-5-3-4-15(2)10-16/h3-10,17H,11-13H2,1-2H3,(H,21,22)(H,23,24). The minimum atomic E-state index is -0.929. The Morgan fingerprint density at radius 3 is 2.44 bits per heavy atom. The Morgan fingerprint density at radius 2 is 1.80 bits per heavy atom. The number of carboxylic acids is 1. The summed E-state index contributed by atoms with van der Waals surface area (Å²) in [4.78, 5) is 23.3. The zero-order valence-corrected chi connectivity index (χ0v) is 14.5. The number of hydrogen-bond acceptors (Lipinski definition) is 3. The summed E-state index contributed by atoms with van der Waals surface area (Å²) in [5.41, 5.74) is 3.13. The molecule has 0 fully saturated rings. The van der Waals surface area contributed by atoms with E-state index in [0.29, 0.717) is 12.2 Å². The molecule has 1 amide bonds. The molecule has 2 N–H and O–H groups in total. The topological polar surface area (TPSA) is 75.6 Å². The number of amides is 1. The van der Waals surface area contributed by atoms with E-state index >= 15 is 0 Å². The molecule has 0 saturated carbocycles. The average Bonchev–Trinajstić information content (AvgIpc) is 2.58. The van der Waals surface area contributed by atoms with E-state index < -0.39 is 11.9 Å². The van der Waals surface area contributed by atoms with Crippen LogP contribution in [0.1, 0.15) is 16.7 Å². The monoisotopic (exact) mass is 341 g/mol. The van der Waals surface area contributed by atoms with E-state index in [0.717, 1.165) is 16.7 Å². The van der Waals surface area contributed by atoms with Gasteiger partial charge in [-0.2, -0.15) is 0 Å². The average molecular weight is 341 g/mol. The Morgan fingerprint density at radius 1 is 1.08 bits per heavy atom. The fourth-order valence-corrected chi connectivity index (χ4v) is 2.44. The van der Waals surface area contributed by atoms with Gasteiger partial charge in [-0.15, -0.1) is 0 Å². The van der Waals surface area contributed by atoms with Crippen molar-refractivity contribution in [2.75, 3.05) is 13.2 Å². The minimum Gasteiger partial charge on any atom is -0.484 e. The molecule has 0 aliphatic rings. The predicted molar refractivity (Wildman–Crippen MR) is 95.7 cm³/mol. The third-order valence-corrected chi connectivity index (χ3v) is 3.85. The van der Waals surface area contributed by atoms with Gasteiger partial charge in [-0.05, 0) is 38.0 Å². The van der Waals surface area contributed by atoms with Crippen LogP contribution in [0.2, 0.25) is 0 Å². The van der Waals surface area contributed by atoms with Gasteiger partial charge in [0, 0.05) is 6.54 Å². The van der Waals surface area contributed by atoms with Crippen molar-refractivity contribution in [3.63, 3.8) is 0 Å². The highest BCUT2D eigenvalue weighted by Crippen LogP contribution is 2.12. The van der Waals surface area contributed by atoms with Gasteiger partial charge in [0.25, 0.3) is 5.91 Å². The predicted octanol–water partition coefficient (Wildman–Crippen LogP) is 2.74. The molecule has 0 aliphatic carbocycles. The summed E-state index contributed by atoms with van der Waals surface area (Å²) in [6.45, 7) is 3.86. The molecular formula is C20H23NO4. The number of aryl methyl sites for hydroxylation is 2. The van der Waals surface area contributed by atoms with Crippen molar-refractivity contribution in [2.24, 2.45) is 5.92 Å². The van der Waals surface area contributed by atoms with Crippen LogP contribution in [0.4, 0.5) is 0 Å². The second-order valence-electron chi connectivity index (χ2n) is 6.13. The third kappa shape index (κ3) is 6.30. The maximum Gasteiger partial charge on any atom is 0.308 e. The van der Waals surface area contributed by atoms with Crippen LogP contribution in [0.5, 0.6) is 5.75 Å². The van der Waals surface area contributed by atoms with Crippen molar-refractivity contribution in [1.82, 2.24) is 5.32 Å². The lowest BCUT2D eigenvalue weighted by atomic mass is 9.98. The highest BCUT2D eigenvalue weighted by molar-refractivity contribution is 5.78. The largest absolute Gasteiger partial charge is 0.484 e. The SMILES string of the molecule is Cc1ccc(OCC(=O)NCC(Cc2cccc(C)c2)C(=O)O)cc1. The molecule has 0 radical (unpaired) electrons. The van der Waals surface area contributed by atoms with Crippen LogP contribution in [0, 0.1) is 19.8 Å². The molecule has 1 unspecified atom stereocenters. The van der Waals surface area contributed by atoms with Crippen LogP contribution < -0.4 is 10.1 Å². The molecule has 0 bridgehead atoms. The summed E-state index contributed by atoms with van der Waals surface area (Å²) < 4.78 is 5.39. The summed E-state index contributed by atoms with van der Waals surface area (Å²) in [7, 11) is 0. The smallest absolute Gasteiger partial charge is 0.308 e. The zero-order valence-electron chi connectivity index (χ0n) is 14.5. The summed E-state index contributed by atoms with van der Waals surface area (Å²) in [5, 5.41) is 12.0. The van der Waals surface area contributed by atoms with Crippen LogP contribution in [-0.4, -0.2) is 30.1 Å². The maximum atomic E-state index is 11.9. The van der Waals surface area contributed by atoms with Gasteiger partial charge in [-0.25, -0.2) is 0 Å². The number of nitrogens with one attached hydrogen (secondary N) is 1. The molecule has 2 aromatic carbocycles. The Balaban J connectivity index is 1.82. The van der Waals surface area contributed by atoms with Crippen LogP contribution in [-0.2, 0) is 16.0 Å². The number of ether oxygens (including phenoxy) is 1. The van der Waals surface area contributed by atoms with Gasteiger partial charge in [-0.3, -0.25) is 9.59 Å². The quantitative estimate of drug-likeness (QED) is 0.774. The molecule has 5 nitrogen and oxygen atoms in total. The minimum absolute atomic E-state index is 0.0688.